The Morgan fingerprint density at radius 1 is 1.39 bits per heavy atom. The van der Waals surface area contributed by atoms with E-state index in [9.17, 15) is 4.39 Å². The maximum atomic E-state index is 13.6. The molecule has 1 aromatic heterocycles. The number of hydrogen-bond acceptors (Lipinski definition) is 4. The van der Waals surface area contributed by atoms with E-state index in [1.54, 1.807) is 19.9 Å². The van der Waals surface area contributed by atoms with Gasteiger partial charge in [0.05, 0.1) is 17.9 Å². The monoisotopic (exact) mass is 251 g/mol. The molecule has 1 N–H and O–H groups in total. The number of benzene rings is 1. The summed E-state index contributed by atoms with van der Waals surface area (Å²) in [6, 6.07) is 4.37. The second-order valence-electron chi connectivity index (χ2n) is 4.01. The summed E-state index contributed by atoms with van der Waals surface area (Å²) < 4.78 is 24.0. The van der Waals surface area contributed by atoms with Crippen molar-refractivity contribution in [3.05, 3.63) is 46.6 Å². The van der Waals surface area contributed by atoms with Crippen LogP contribution in [0.3, 0.4) is 0 Å². The van der Waals surface area contributed by atoms with Crippen LogP contribution in [0.4, 0.5) is 4.39 Å². The fourth-order valence-electron chi connectivity index (χ4n) is 1.62. The Morgan fingerprint density at radius 3 is 2.72 bits per heavy atom. The smallest absolute Gasteiger partial charge is 0.165 e. The largest absolute Gasteiger partial charge is 0.486 e. The zero-order valence-electron chi connectivity index (χ0n) is 10.2. The zero-order chi connectivity index (χ0) is 13.1. The number of aromatic nitrogens is 1. The maximum absolute atomic E-state index is 13.6. The van der Waals surface area contributed by atoms with Crippen LogP contribution in [0.2, 0.25) is 0 Å². The van der Waals surface area contributed by atoms with Gasteiger partial charge in [0.2, 0.25) is 0 Å². The molecule has 0 fully saturated rings. The fraction of sp³-hybridized carbons (Fsp3) is 0.308. The predicted octanol–water partition coefficient (Wildman–Crippen LogP) is 2.50. The summed E-state index contributed by atoms with van der Waals surface area (Å²) in [5.41, 5.74) is 2.07. The second kappa shape index (κ2) is 5.18. The van der Waals surface area contributed by atoms with Crippen LogP contribution in [0, 0.1) is 19.7 Å². The van der Waals surface area contributed by atoms with Crippen molar-refractivity contribution in [2.75, 3.05) is 0 Å². The molecule has 18 heavy (non-hydrogen) atoms. The molecule has 0 aliphatic carbocycles. The summed E-state index contributed by atoms with van der Waals surface area (Å²) in [5.74, 6) is 0.320. The van der Waals surface area contributed by atoms with Gasteiger partial charge in [-0.2, -0.15) is 0 Å². The van der Waals surface area contributed by atoms with Crippen molar-refractivity contribution >= 4 is 0 Å². The van der Waals surface area contributed by atoms with Crippen molar-refractivity contribution in [1.82, 2.24) is 5.16 Å². The van der Waals surface area contributed by atoms with E-state index in [4.69, 9.17) is 14.4 Å². The van der Waals surface area contributed by atoms with Crippen molar-refractivity contribution in [3.63, 3.8) is 0 Å². The normalized spacial score (nSPS) is 10.7. The van der Waals surface area contributed by atoms with Crippen molar-refractivity contribution in [2.24, 2.45) is 0 Å². The highest BCUT2D eigenvalue weighted by Gasteiger charge is 2.11. The van der Waals surface area contributed by atoms with Crippen molar-refractivity contribution in [3.8, 4) is 5.75 Å². The van der Waals surface area contributed by atoms with E-state index >= 15 is 0 Å². The summed E-state index contributed by atoms with van der Waals surface area (Å²) in [7, 11) is 0. The Bertz CT molecular complexity index is 532. The van der Waals surface area contributed by atoms with Gasteiger partial charge in [0.15, 0.2) is 11.6 Å². The van der Waals surface area contributed by atoms with Gasteiger partial charge in [-0.05, 0) is 31.5 Å². The van der Waals surface area contributed by atoms with Crippen LogP contribution in [-0.2, 0) is 13.2 Å². The minimum Gasteiger partial charge on any atom is -0.486 e. The van der Waals surface area contributed by atoms with Gasteiger partial charge in [-0.25, -0.2) is 4.39 Å². The van der Waals surface area contributed by atoms with E-state index in [1.165, 1.54) is 12.1 Å². The van der Waals surface area contributed by atoms with E-state index in [1.807, 2.05) is 0 Å². The minimum absolute atomic E-state index is 0.146. The standard InChI is InChI=1S/C13H14FNO3/c1-8-11(9(2)18-15-8)7-17-13-4-3-10(6-16)5-12(13)14/h3-5,16H,6-7H2,1-2H3. The average molecular weight is 251 g/mol. The van der Waals surface area contributed by atoms with E-state index in [0.717, 1.165) is 11.3 Å². The summed E-state index contributed by atoms with van der Waals surface area (Å²) in [5, 5.41) is 12.7. The molecule has 0 radical (unpaired) electrons. The molecule has 1 aromatic carbocycles. The molecule has 0 saturated carbocycles. The van der Waals surface area contributed by atoms with E-state index < -0.39 is 5.82 Å². The number of hydrogen-bond donors (Lipinski definition) is 1. The molecule has 1 heterocycles. The number of aliphatic hydroxyl groups excluding tert-OH is 1. The molecule has 0 aliphatic heterocycles. The maximum Gasteiger partial charge on any atom is 0.165 e. The molecule has 0 atom stereocenters. The van der Waals surface area contributed by atoms with Gasteiger partial charge in [0.25, 0.3) is 0 Å². The van der Waals surface area contributed by atoms with Crippen LogP contribution in [0.25, 0.3) is 0 Å². The molecule has 0 unspecified atom stereocenters. The van der Waals surface area contributed by atoms with Crippen LogP contribution in [0.5, 0.6) is 5.75 Å². The van der Waals surface area contributed by atoms with E-state index in [-0.39, 0.29) is 19.0 Å². The molecule has 0 aliphatic rings. The van der Waals surface area contributed by atoms with Crippen LogP contribution in [0.15, 0.2) is 22.7 Å². The van der Waals surface area contributed by atoms with Crippen LogP contribution < -0.4 is 4.74 Å². The lowest BCUT2D eigenvalue weighted by Gasteiger charge is -2.07. The van der Waals surface area contributed by atoms with Gasteiger partial charge in [-0.3, -0.25) is 0 Å². The SMILES string of the molecule is Cc1noc(C)c1COc1ccc(CO)cc1F. The summed E-state index contributed by atoms with van der Waals surface area (Å²) >= 11 is 0. The molecule has 0 amide bonds. The Hall–Kier alpha value is -1.88. The first kappa shape index (κ1) is 12.6. The number of halogens is 1. The third kappa shape index (κ3) is 2.51. The van der Waals surface area contributed by atoms with Crippen molar-refractivity contribution in [1.29, 1.82) is 0 Å². The average Bonchev–Trinajstić information content (AvgIpc) is 2.68. The minimum atomic E-state index is -0.492. The number of nitrogens with zero attached hydrogens (tertiary/aromatic N) is 1. The van der Waals surface area contributed by atoms with Gasteiger partial charge in [-0.15, -0.1) is 0 Å². The van der Waals surface area contributed by atoms with E-state index in [2.05, 4.69) is 5.16 Å². The lowest BCUT2D eigenvalue weighted by Crippen LogP contribution is -2.00. The highest BCUT2D eigenvalue weighted by Crippen LogP contribution is 2.21. The number of rotatable bonds is 4. The van der Waals surface area contributed by atoms with Gasteiger partial charge in [-0.1, -0.05) is 11.2 Å². The number of aliphatic hydroxyl groups is 1. The summed E-state index contributed by atoms with van der Waals surface area (Å²) in [4.78, 5) is 0. The predicted molar refractivity (Wildman–Crippen MR) is 62.6 cm³/mol. The molecular formula is C13H14FNO3. The zero-order valence-corrected chi connectivity index (χ0v) is 10.2. The molecule has 5 heteroatoms. The molecule has 0 spiro atoms. The third-order valence-electron chi connectivity index (χ3n) is 2.73. The topological polar surface area (TPSA) is 55.5 Å². The molecule has 0 bridgehead atoms. The first-order valence-corrected chi connectivity index (χ1v) is 5.55. The number of aryl methyl sites for hydroxylation is 2. The van der Waals surface area contributed by atoms with Crippen LogP contribution in [-0.4, -0.2) is 10.3 Å². The molecule has 4 nitrogen and oxygen atoms in total. The number of ether oxygens (including phenoxy) is 1. The highest BCUT2D eigenvalue weighted by atomic mass is 19.1. The van der Waals surface area contributed by atoms with E-state index in [0.29, 0.717) is 11.3 Å². The molecular weight excluding hydrogens is 237 g/mol. The first-order valence-electron chi connectivity index (χ1n) is 5.55. The molecule has 2 rings (SSSR count). The van der Waals surface area contributed by atoms with Gasteiger partial charge in [0.1, 0.15) is 12.4 Å². The Kier molecular flexibility index (Phi) is 3.62. The summed E-state index contributed by atoms with van der Waals surface area (Å²) in [6.07, 6.45) is 0. The quantitative estimate of drug-likeness (QED) is 0.907. The van der Waals surface area contributed by atoms with Gasteiger partial charge >= 0.3 is 0 Å². The summed E-state index contributed by atoms with van der Waals surface area (Å²) in [6.45, 7) is 3.60. The highest BCUT2D eigenvalue weighted by molar-refractivity contribution is 5.30. The first-order chi connectivity index (χ1) is 8.61. The van der Waals surface area contributed by atoms with Gasteiger partial charge in [0, 0.05) is 0 Å². The lowest BCUT2D eigenvalue weighted by atomic mass is 10.2. The Labute approximate surface area is 104 Å². The lowest BCUT2D eigenvalue weighted by molar-refractivity contribution is 0.275. The Morgan fingerprint density at radius 2 is 2.17 bits per heavy atom. The Balaban J connectivity index is 2.11. The fourth-order valence-corrected chi connectivity index (χ4v) is 1.62. The van der Waals surface area contributed by atoms with Gasteiger partial charge < -0.3 is 14.4 Å². The molecule has 2 aromatic rings. The third-order valence-corrected chi connectivity index (χ3v) is 2.73. The van der Waals surface area contributed by atoms with Crippen LogP contribution in [0.1, 0.15) is 22.6 Å². The van der Waals surface area contributed by atoms with Crippen molar-refractivity contribution in [2.45, 2.75) is 27.1 Å². The van der Waals surface area contributed by atoms with Crippen LogP contribution >= 0.6 is 0 Å². The second-order valence-corrected chi connectivity index (χ2v) is 4.01. The molecule has 96 valence electrons. The van der Waals surface area contributed by atoms with Crippen molar-refractivity contribution < 1.29 is 18.8 Å². The molecule has 0 saturated heterocycles.